The summed E-state index contributed by atoms with van der Waals surface area (Å²) in [5.41, 5.74) is 0.547. The third-order valence-electron chi connectivity index (χ3n) is 2.78. The van der Waals surface area contributed by atoms with Gasteiger partial charge in [-0.05, 0) is 24.6 Å². The summed E-state index contributed by atoms with van der Waals surface area (Å²) in [6, 6.07) is 4.93. The lowest BCUT2D eigenvalue weighted by Gasteiger charge is -2.13. The predicted octanol–water partition coefficient (Wildman–Crippen LogP) is 3.76. The van der Waals surface area contributed by atoms with Crippen LogP contribution in [0, 0.1) is 0 Å². The average Bonchev–Trinajstić information content (AvgIpc) is 2.79. The molecule has 0 aliphatic carbocycles. The molecule has 2 aromatic rings. The molecule has 0 fully saturated rings. The van der Waals surface area contributed by atoms with Crippen molar-refractivity contribution in [1.82, 2.24) is 14.9 Å². The Balaban J connectivity index is 2.10. The minimum atomic E-state index is -4.80. The van der Waals surface area contributed by atoms with Crippen molar-refractivity contribution in [2.24, 2.45) is 0 Å². The number of benzene rings is 1. The molecule has 1 atom stereocenters. The predicted molar refractivity (Wildman–Crippen MR) is 72.6 cm³/mol. The van der Waals surface area contributed by atoms with Gasteiger partial charge in [-0.3, -0.25) is 0 Å². The number of nitrogen functional groups attached to an aromatic ring is 1. The number of nitrogens with zero attached hydrogens (tertiary/aromatic N) is 3. The maximum absolute atomic E-state index is 12.6. The van der Waals surface area contributed by atoms with E-state index in [0.717, 1.165) is 23.9 Å². The molecule has 2 rings (SSSR count). The van der Waals surface area contributed by atoms with E-state index in [1.54, 1.807) is 6.92 Å². The molecule has 0 aliphatic heterocycles. The van der Waals surface area contributed by atoms with Crippen molar-refractivity contribution in [3.63, 3.8) is 0 Å². The SMILES string of the molecule is CC(Sc1nnc(C(F)(F)F)n1N)c1ccc(OC(F)(F)F)cc1. The van der Waals surface area contributed by atoms with Crippen LogP contribution in [0.2, 0.25) is 0 Å². The zero-order chi connectivity index (χ0) is 18.1. The summed E-state index contributed by atoms with van der Waals surface area (Å²) >= 11 is 0.881. The molecule has 1 aromatic heterocycles. The van der Waals surface area contributed by atoms with Gasteiger partial charge in [0, 0.05) is 5.25 Å². The molecule has 5 nitrogen and oxygen atoms in total. The van der Waals surface area contributed by atoms with Crippen LogP contribution < -0.4 is 10.6 Å². The maximum atomic E-state index is 12.6. The molecule has 132 valence electrons. The van der Waals surface area contributed by atoms with Crippen LogP contribution in [0.1, 0.15) is 23.6 Å². The number of rotatable bonds is 4. The second-order valence-electron chi connectivity index (χ2n) is 4.55. The third-order valence-corrected chi connectivity index (χ3v) is 3.90. The number of thioether (sulfide) groups is 1. The first-order valence-electron chi connectivity index (χ1n) is 6.27. The molecule has 0 amide bonds. The van der Waals surface area contributed by atoms with E-state index in [1.165, 1.54) is 12.1 Å². The van der Waals surface area contributed by atoms with Gasteiger partial charge in [0.25, 0.3) is 5.82 Å². The van der Waals surface area contributed by atoms with Gasteiger partial charge in [-0.15, -0.1) is 23.4 Å². The van der Waals surface area contributed by atoms with Gasteiger partial charge in [0.2, 0.25) is 5.16 Å². The summed E-state index contributed by atoms with van der Waals surface area (Å²) in [6.07, 6.45) is -9.54. The summed E-state index contributed by atoms with van der Waals surface area (Å²) in [7, 11) is 0. The quantitative estimate of drug-likeness (QED) is 0.503. The lowest BCUT2D eigenvalue weighted by atomic mass is 10.2. The van der Waals surface area contributed by atoms with E-state index in [2.05, 4.69) is 14.9 Å². The molecular formula is C12H10F6N4OS. The summed E-state index contributed by atoms with van der Waals surface area (Å²) < 4.78 is 78.1. The number of hydrogen-bond donors (Lipinski definition) is 1. The van der Waals surface area contributed by atoms with E-state index in [0.29, 0.717) is 10.2 Å². The smallest absolute Gasteiger partial charge is 0.406 e. The Morgan fingerprint density at radius 1 is 1.08 bits per heavy atom. The maximum Gasteiger partial charge on any atom is 0.573 e. The van der Waals surface area contributed by atoms with Crippen LogP contribution in [0.4, 0.5) is 26.3 Å². The van der Waals surface area contributed by atoms with Crippen molar-refractivity contribution < 1.29 is 31.1 Å². The molecule has 12 heteroatoms. The molecule has 1 heterocycles. The standard InChI is InChI=1S/C12H10F6N4OS/c1-6(7-2-4-8(5-3-7)23-12(16,17)18)24-10-21-20-9(22(10)19)11(13,14)15/h2-6H,19H2,1H3. The van der Waals surface area contributed by atoms with E-state index >= 15 is 0 Å². The second-order valence-corrected chi connectivity index (χ2v) is 5.86. The molecule has 1 aromatic carbocycles. The van der Waals surface area contributed by atoms with Crippen LogP contribution in [0.5, 0.6) is 5.75 Å². The fraction of sp³-hybridized carbons (Fsp3) is 0.333. The Bertz CT molecular complexity index is 697. The van der Waals surface area contributed by atoms with Crippen molar-refractivity contribution in [2.75, 3.05) is 5.84 Å². The van der Waals surface area contributed by atoms with E-state index in [9.17, 15) is 26.3 Å². The fourth-order valence-electron chi connectivity index (χ4n) is 1.72. The topological polar surface area (TPSA) is 66.0 Å². The highest BCUT2D eigenvalue weighted by atomic mass is 32.2. The second kappa shape index (κ2) is 6.42. The number of alkyl halides is 6. The number of aromatic nitrogens is 3. The van der Waals surface area contributed by atoms with E-state index in [1.807, 2.05) is 0 Å². The number of ether oxygens (including phenoxy) is 1. The first-order valence-corrected chi connectivity index (χ1v) is 7.15. The summed E-state index contributed by atoms with van der Waals surface area (Å²) in [5.74, 6) is 3.58. The molecule has 0 aliphatic rings. The zero-order valence-corrected chi connectivity index (χ0v) is 12.7. The Morgan fingerprint density at radius 2 is 1.67 bits per heavy atom. The molecule has 0 saturated carbocycles. The first kappa shape index (κ1) is 18.2. The Hall–Kier alpha value is -2.11. The highest BCUT2D eigenvalue weighted by molar-refractivity contribution is 7.99. The Kier molecular flexibility index (Phi) is 4.87. The molecular weight excluding hydrogens is 362 g/mol. The molecule has 0 spiro atoms. The monoisotopic (exact) mass is 372 g/mol. The molecule has 0 radical (unpaired) electrons. The van der Waals surface area contributed by atoms with Gasteiger partial charge in [0.1, 0.15) is 5.75 Å². The van der Waals surface area contributed by atoms with Crippen molar-refractivity contribution >= 4 is 11.8 Å². The van der Waals surface area contributed by atoms with Gasteiger partial charge in [0.05, 0.1) is 0 Å². The van der Waals surface area contributed by atoms with Crippen LogP contribution in [0.3, 0.4) is 0 Å². The van der Waals surface area contributed by atoms with Gasteiger partial charge in [-0.1, -0.05) is 23.9 Å². The summed E-state index contributed by atoms with van der Waals surface area (Å²) in [4.78, 5) is 0. The lowest BCUT2D eigenvalue weighted by molar-refractivity contribution is -0.274. The molecule has 24 heavy (non-hydrogen) atoms. The average molecular weight is 372 g/mol. The van der Waals surface area contributed by atoms with E-state index in [-0.39, 0.29) is 5.16 Å². The van der Waals surface area contributed by atoms with Gasteiger partial charge in [0.15, 0.2) is 0 Å². The fourth-order valence-corrected chi connectivity index (χ4v) is 2.61. The van der Waals surface area contributed by atoms with Crippen LogP contribution in [-0.4, -0.2) is 21.2 Å². The van der Waals surface area contributed by atoms with Crippen molar-refractivity contribution in [3.8, 4) is 5.75 Å². The summed E-state index contributed by atoms with van der Waals surface area (Å²) in [5, 5.41) is 5.75. The number of nitrogens with two attached hydrogens (primary N) is 1. The Morgan fingerprint density at radius 3 is 2.12 bits per heavy atom. The Labute approximate surface area is 135 Å². The molecule has 0 saturated heterocycles. The minimum Gasteiger partial charge on any atom is -0.406 e. The van der Waals surface area contributed by atoms with Crippen molar-refractivity contribution in [2.45, 2.75) is 29.9 Å². The third kappa shape index (κ3) is 4.46. The first-order chi connectivity index (χ1) is 11.0. The van der Waals surface area contributed by atoms with Gasteiger partial charge < -0.3 is 10.6 Å². The molecule has 0 bridgehead atoms. The largest absolute Gasteiger partial charge is 0.573 e. The van der Waals surface area contributed by atoms with Gasteiger partial charge >= 0.3 is 12.5 Å². The highest BCUT2D eigenvalue weighted by Gasteiger charge is 2.38. The zero-order valence-electron chi connectivity index (χ0n) is 11.9. The van der Waals surface area contributed by atoms with Crippen LogP contribution in [0.25, 0.3) is 0 Å². The van der Waals surface area contributed by atoms with Crippen molar-refractivity contribution in [3.05, 3.63) is 35.7 Å². The normalized spacial score (nSPS) is 13.8. The molecule has 1 unspecified atom stereocenters. The van der Waals surface area contributed by atoms with Crippen LogP contribution in [-0.2, 0) is 6.18 Å². The van der Waals surface area contributed by atoms with E-state index < -0.39 is 29.4 Å². The number of hydrogen-bond acceptors (Lipinski definition) is 5. The minimum absolute atomic E-state index is 0.176. The number of halogens is 6. The lowest BCUT2D eigenvalue weighted by Crippen LogP contribution is -2.21. The van der Waals surface area contributed by atoms with Crippen molar-refractivity contribution in [1.29, 1.82) is 0 Å². The summed E-state index contributed by atoms with van der Waals surface area (Å²) in [6.45, 7) is 1.63. The van der Waals surface area contributed by atoms with Gasteiger partial charge in [-0.2, -0.15) is 13.2 Å². The van der Waals surface area contributed by atoms with Crippen LogP contribution in [0.15, 0.2) is 29.4 Å². The van der Waals surface area contributed by atoms with Gasteiger partial charge in [-0.25, -0.2) is 4.68 Å². The van der Waals surface area contributed by atoms with E-state index in [4.69, 9.17) is 5.84 Å². The molecule has 2 N–H and O–H groups in total. The van der Waals surface area contributed by atoms with Crippen LogP contribution >= 0.6 is 11.8 Å². The highest BCUT2D eigenvalue weighted by Crippen LogP contribution is 2.36.